The van der Waals surface area contributed by atoms with Crippen molar-refractivity contribution in [2.24, 2.45) is 0 Å². The second kappa shape index (κ2) is 7.82. The number of rotatable bonds is 5. The largest absolute Gasteiger partial charge is 0.454 e. The number of ether oxygens (including phenoxy) is 2. The number of fused-ring (bicyclic) bond motifs is 1. The predicted molar refractivity (Wildman–Crippen MR) is 108 cm³/mol. The highest BCUT2D eigenvalue weighted by molar-refractivity contribution is 8.22. The van der Waals surface area contributed by atoms with Gasteiger partial charge >= 0.3 is 0 Å². The van der Waals surface area contributed by atoms with Crippen LogP contribution in [0.15, 0.2) is 58.3 Å². The van der Waals surface area contributed by atoms with Crippen LogP contribution in [0.25, 0.3) is 0 Å². The molecule has 0 unspecified atom stereocenters. The Morgan fingerprint density at radius 2 is 1.93 bits per heavy atom. The van der Waals surface area contributed by atoms with Gasteiger partial charge in [-0.2, -0.15) is 0 Å². The molecule has 0 amide bonds. The van der Waals surface area contributed by atoms with Crippen LogP contribution in [0.3, 0.4) is 0 Å². The standard InChI is InChI=1S/C21H18O4S2/c1-2-26-21-19(20(23)13-6-4-3-5-7-13)15(22)11-18(27-21)14-8-9-16-17(10-14)25-12-24-16/h3-10,18H,2,11-12H2,1H3/t18-/m1/s1. The second-order valence-electron chi connectivity index (χ2n) is 6.14. The van der Waals surface area contributed by atoms with E-state index in [-0.39, 0.29) is 23.6 Å². The van der Waals surface area contributed by atoms with E-state index < -0.39 is 0 Å². The van der Waals surface area contributed by atoms with Crippen molar-refractivity contribution >= 4 is 35.1 Å². The lowest BCUT2D eigenvalue weighted by Crippen LogP contribution is -2.20. The van der Waals surface area contributed by atoms with Crippen molar-refractivity contribution in [3.63, 3.8) is 0 Å². The van der Waals surface area contributed by atoms with Gasteiger partial charge in [-0.3, -0.25) is 9.59 Å². The Morgan fingerprint density at radius 3 is 2.70 bits per heavy atom. The fourth-order valence-corrected chi connectivity index (χ4v) is 5.79. The molecule has 0 radical (unpaired) electrons. The molecular weight excluding hydrogens is 380 g/mol. The third-order valence-electron chi connectivity index (χ3n) is 4.41. The van der Waals surface area contributed by atoms with E-state index in [2.05, 4.69) is 0 Å². The first kappa shape index (κ1) is 18.2. The summed E-state index contributed by atoms with van der Waals surface area (Å²) >= 11 is 3.15. The van der Waals surface area contributed by atoms with Gasteiger partial charge in [-0.05, 0) is 23.4 Å². The molecule has 2 aliphatic heterocycles. The van der Waals surface area contributed by atoms with Gasteiger partial charge in [-0.25, -0.2) is 0 Å². The number of carbonyl (C=O) groups excluding carboxylic acids is 2. The van der Waals surface area contributed by atoms with Gasteiger partial charge in [-0.1, -0.05) is 43.3 Å². The highest BCUT2D eigenvalue weighted by Crippen LogP contribution is 2.50. The summed E-state index contributed by atoms with van der Waals surface area (Å²) in [5.41, 5.74) is 1.89. The van der Waals surface area contributed by atoms with Crippen LogP contribution in [0.5, 0.6) is 11.5 Å². The van der Waals surface area contributed by atoms with Crippen LogP contribution in [0.2, 0.25) is 0 Å². The number of carbonyl (C=O) groups is 2. The van der Waals surface area contributed by atoms with Gasteiger partial charge in [-0.15, -0.1) is 23.5 Å². The maximum absolute atomic E-state index is 13.0. The summed E-state index contributed by atoms with van der Waals surface area (Å²) in [7, 11) is 0. The molecule has 6 heteroatoms. The minimum atomic E-state index is -0.187. The first-order valence-corrected chi connectivity index (χ1v) is 10.6. The number of allylic oxidation sites excluding steroid dienone is 1. The van der Waals surface area contributed by atoms with E-state index in [0.717, 1.165) is 21.3 Å². The van der Waals surface area contributed by atoms with Crippen LogP contribution in [0.1, 0.15) is 34.5 Å². The Hall–Kier alpha value is -2.18. The van der Waals surface area contributed by atoms with E-state index >= 15 is 0 Å². The third kappa shape index (κ3) is 3.64. The fraction of sp³-hybridized carbons (Fsp3) is 0.238. The lowest BCUT2D eigenvalue weighted by atomic mass is 9.96. The topological polar surface area (TPSA) is 52.6 Å². The van der Waals surface area contributed by atoms with Gasteiger partial charge in [0.25, 0.3) is 0 Å². The normalized spacial score (nSPS) is 18.7. The Bertz CT molecular complexity index is 921. The molecule has 4 nitrogen and oxygen atoms in total. The van der Waals surface area contributed by atoms with Crippen LogP contribution < -0.4 is 9.47 Å². The number of Topliss-reactive ketones (excluding diaryl/α,β-unsaturated/α-hetero) is 2. The average molecular weight is 399 g/mol. The number of thioether (sulfide) groups is 2. The first-order chi connectivity index (χ1) is 13.2. The minimum absolute atomic E-state index is 0.0339. The van der Waals surface area contributed by atoms with E-state index in [1.165, 1.54) is 0 Å². The molecule has 0 N–H and O–H groups in total. The number of hydrogen-bond donors (Lipinski definition) is 0. The molecular formula is C21H18O4S2. The summed E-state index contributed by atoms with van der Waals surface area (Å²) in [6, 6.07) is 14.8. The molecule has 0 saturated heterocycles. The van der Waals surface area contributed by atoms with E-state index in [1.54, 1.807) is 35.7 Å². The van der Waals surface area contributed by atoms with Gasteiger partial charge in [0.15, 0.2) is 23.1 Å². The van der Waals surface area contributed by atoms with E-state index in [0.29, 0.717) is 23.3 Å². The molecule has 0 bridgehead atoms. The molecule has 0 aliphatic carbocycles. The van der Waals surface area contributed by atoms with Crippen LogP contribution in [0, 0.1) is 0 Å². The molecule has 0 aromatic heterocycles. The van der Waals surface area contributed by atoms with Crippen LogP contribution in [-0.2, 0) is 4.79 Å². The molecule has 1 atom stereocenters. The lowest BCUT2D eigenvalue weighted by Gasteiger charge is -2.25. The summed E-state index contributed by atoms with van der Waals surface area (Å²) in [5, 5.41) is -0.0339. The van der Waals surface area contributed by atoms with Crippen LogP contribution in [-0.4, -0.2) is 24.1 Å². The van der Waals surface area contributed by atoms with Gasteiger partial charge in [0, 0.05) is 17.2 Å². The van der Waals surface area contributed by atoms with Crippen molar-refractivity contribution in [2.75, 3.05) is 12.5 Å². The quantitative estimate of drug-likeness (QED) is 0.521. The monoisotopic (exact) mass is 398 g/mol. The highest BCUT2D eigenvalue weighted by Gasteiger charge is 2.34. The summed E-state index contributed by atoms with van der Waals surface area (Å²) in [5.74, 6) is 1.95. The summed E-state index contributed by atoms with van der Waals surface area (Å²) in [6.07, 6.45) is 0.298. The fourth-order valence-electron chi connectivity index (χ4n) is 3.10. The molecule has 138 valence electrons. The Balaban J connectivity index is 1.67. The highest BCUT2D eigenvalue weighted by atomic mass is 32.2. The number of hydrogen-bond acceptors (Lipinski definition) is 6. The van der Waals surface area contributed by atoms with Crippen molar-refractivity contribution in [2.45, 2.75) is 18.6 Å². The summed E-state index contributed by atoms with van der Waals surface area (Å²) in [4.78, 5) is 25.9. The van der Waals surface area contributed by atoms with Gasteiger partial charge in [0.2, 0.25) is 6.79 Å². The van der Waals surface area contributed by atoms with Gasteiger partial charge < -0.3 is 9.47 Å². The average Bonchev–Trinajstić information content (AvgIpc) is 3.16. The van der Waals surface area contributed by atoms with E-state index in [4.69, 9.17) is 9.47 Å². The van der Waals surface area contributed by atoms with Crippen LogP contribution in [0.4, 0.5) is 0 Å². The molecule has 27 heavy (non-hydrogen) atoms. The summed E-state index contributed by atoms with van der Waals surface area (Å²) < 4.78 is 11.6. The SMILES string of the molecule is CCSC1=C(C(=O)c2ccccc2)C(=O)C[C@H](c2ccc3c(c2)OCO3)S1. The predicted octanol–water partition coefficient (Wildman–Crippen LogP) is 5.01. The number of ketones is 2. The lowest BCUT2D eigenvalue weighted by molar-refractivity contribution is -0.115. The van der Waals surface area contributed by atoms with Crippen molar-refractivity contribution < 1.29 is 19.1 Å². The zero-order chi connectivity index (χ0) is 18.8. The number of benzene rings is 2. The van der Waals surface area contributed by atoms with Crippen molar-refractivity contribution in [3.05, 3.63) is 69.5 Å². The minimum Gasteiger partial charge on any atom is -0.454 e. The van der Waals surface area contributed by atoms with Gasteiger partial charge in [0.1, 0.15) is 0 Å². The molecule has 0 saturated carbocycles. The summed E-state index contributed by atoms with van der Waals surface area (Å²) in [6.45, 7) is 2.25. The van der Waals surface area contributed by atoms with E-state index in [1.807, 2.05) is 43.3 Å². The van der Waals surface area contributed by atoms with Crippen molar-refractivity contribution in [1.82, 2.24) is 0 Å². The molecule has 2 aromatic rings. The Morgan fingerprint density at radius 1 is 1.15 bits per heavy atom. The molecule has 0 spiro atoms. The maximum atomic E-state index is 13.0. The second-order valence-corrected chi connectivity index (χ2v) is 8.88. The van der Waals surface area contributed by atoms with Crippen LogP contribution >= 0.6 is 23.5 Å². The Labute approximate surface area is 166 Å². The third-order valence-corrected chi connectivity index (χ3v) is 6.95. The van der Waals surface area contributed by atoms with Gasteiger partial charge in [0.05, 0.1) is 9.81 Å². The Kier molecular flexibility index (Phi) is 5.27. The van der Waals surface area contributed by atoms with Crippen molar-refractivity contribution in [1.29, 1.82) is 0 Å². The maximum Gasteiger partial charge on any atom is 0.231 e. The van der Waals surface area contributed by atoms with Crippen molar-refractivity contribution in [3.8, 4) is 11.5 Å². The molecule has 2 heterocycles. The zero-order valence-corrected chi connectivity index (χ0v) is 16.4. The van der Waals surface area contributed by atoms with E-state index in [9.17, 15) is 9.59 Å². The zero-order valence-electron chi connectivity index (χ0n) is 14.8. The smallest absolute Gasteiger partial charge is 0.231 e. The first-order valence-electron chi connectivity index (χ1n) is 8.73. The molecule has 0 fully saturated rings. The molecule has 2 aromatic carbocycles. The molecule has 4 rings (SSSR count). The molecule has 2 aliphatic rings.